The van der Waals surface area contributed by atoms with Crippen molar-refractivity contribution >= 4 is 64.1 Å². The van der Waals surface area contributed by atoms with Crippen LogP contribution in [0.2, 0.25) is 20.1 Å². The van der Waals surface area contributed by atoms with E-state index in [2.05, 4.69) is 20.2 Å². The molecule has 2 aromatic carbocycles. The first-order chi connectivity index (χ1) is 31.9. The number of nitrogens with zero attached hydrogens (tertiary/aromatic N) is 7. The predicted octanol–water partition coefficient (Wildman–Crippen LogP) is 13.3. The highest BCUT2D eigenvalue weighted by atomic mass is 35.5. The van der Waals surface area contributed by atoms with Gasteiger partial charge in [0.1, 0.15) is 29.4 Å². The number of hydrogen-bond donors (Lipinski definition) is 2. The molecule has 67 heavy (non-hydrogen) atoms. The van der Waals surface area contributed by atoms with Crippen LogP contribution in [0.3, 0.4) is 0 Å². The zero-order chi connectivity index (χ0) is 48.2. The van der Waals surface area contributed by atoms with Crippen LogP contribution in [-0.2, 0) is 4.74 Å². The number of likely N-dealkylation sites (tertiary alicyclic amines) is 1. The Morgan fingerprint density at radius 2 is 1.10 bits per heavy atom. The largest absolute Gasteiger partial charge is 0.482 e. The van der Waals surface area contributed by atoms with E-state index in [1.165, 1.54) is 43.5 Å². The second-order valence-electron chi connectivity index (χ2n) is 17.7. The van der Waals surface area contributed by atoms with E-state index in [-0.39, 0.29) is 33.8 Å². The van der Waals surface area contributed by atoms with Crippen molar-refractivity contribution in [3.63, 3.8) is 0 Å². The summed E-state index contributed by atoms with van der Waals surface area (Å²) in [7, 11) is 0. The molecule has 2 fully saturated rings. The van der Waals surface area contributed by atoms with Crippen LogP contribution >= 0.6 is 46.4 Å². The lowest BCUT2D eigenvalue weighted by molar-refractivity contribution is 0.0184. The van der Waals surface area contributed by atoms with Gasteiger partial charge in [-0.25, -0.2) is 23.5 Å². The van der Waals surface area contributed by atoms with Crippen LogP contribution in [0.15, 0.2) is 73.6 Å². The van der Waals surface area contributed by atoms with E-state index in [0.717, 1.165) is 47.9 Å². The maximum atomic E-state index is 14.0. The summed E-state index contributed by atoms with van der Waals surface area (Å²) in [6, 6.07) is 9.48. The third-order valence-electron chi connectivity index (χ3n) is 11.7. The van der Waals surface area contributed by atoms with Crippen LogP contribution in [0.1, 0.15) is 115 Å². The zero-order valence-corrected chi connectivity index (χ0v) is 40.8. The first-order valence-electron chi connectivity index (χ1n) is 22.0. The fourth-order valence-electron chi connectivity index (χ4n) is 8.10. The number of carbonyl (C=O) groups excluding carboxylic acids is 1. The van der Waals surface area contributed by atoms with Gasteiger partial charge in [0.05, 0.1) is 34.5 Å². The Labute approximate surface area is 408 Å². The van der Waals surface area contributed by atoms with Gasteiger partial charge in [-0.1, -0.05) is 65.7 Å². The monoisotopic (exact) mass is 997 g/mol. The quantitative estimate of drug-likeness (QED) is 0.126. The molecule has 0 radical (unpaired) electrons. The molecule has 2 unspecified atom stereocenters. The number of anilines is 2. The van der Waals surface area contributed by atoms with Crippen molar-refractivity contribution in [3.8, 4) is 33.8 Å². The molecule has 5 heterocycles. The summed E-state index contributed by atoms with van der Waals surface area (Å²) >= 11 is 24.7. The highest BCUT2D eigenvalue weighted by Crippen LogP contribution is 2.39. The van der Waals surface area contributed by atoms with Crippen LogP contribution in [0.25, 0.3) is 22.3 Å². The van der Waals surface area contributed by atoms with Crippen LogP contribution in [0, 0.1) is 11.6 Å². The van der Waals surface area contributed by atoms with Crippen LogP contribution < -0.4 is 20.9 Å². The number of ether oxygens (including phenoxy) is 3. The number of benzene rings is 2. The second kappa shape index (κ2) is 21.3. The molecule has 0 spiro atoms. The van der Waals surface area contributed by atoms with Gasteiger partial charge < -0.3 is 30.6 Å². The van der Waals surface area contributed by atoms with Gasteiger partial charge in [-0.3, -0.25) is 9.36 Å². The molecule has 4 aromatic heterocycles. The molecule has 4 N–H and O–H groups in total. The van der Waals surface area contributed by atoms with E-state index >= 15 is 0 Å². The Morgan fingerprint density at radius 1 is 0.672 bits per heavy atom. The summed E-state index contributed by atoms with van der Waals surface area (Å²) < 4.78 is 49.3. The molecule has 8 rings (SSSR count). The maximum absolute atomic E-state index is 14.0. The SMILES string of the molecule is CC(Oc1cc(-c2cnn(C3CCCCC3)c2)cnc1N)c1c(Cl)ccc(F)c1Cl.CC(Oc1cc(-c2cnn(C3CCN(C(=O)OC(C)(C)C)CC3)c2)cnc1N)c1c(Cl)ccc(F)c1Cl. The molecule has 13 nitrogen and oxygen atoms in total. The summed E-state index contributed by atoms with van der Waals surface area (Å²) in [6.07, 6.45) is 16.9. The fourth-order valence-corrected chi connectivity index (χ4v) is 9.46. The minimum atomic E-state index is -0.673. The molecular weight excluding hydrogens is 946 g/mol. The van der Waals surface area contributed by atoms with Crippen molar-refractivity contribution in [1.29, 1.82) is 0 Å². The topological polar surface area (TPSA) is 161 Å². The minimum Gasteiger partial charge on any atom is -0.482 e. The van der Waals surface area contributed by atoms with Gasteiger partial charge in [-0.15, -0.1) is 0 Å². The number of aromatic nitrogens is 6. The van der Waals surface area contributed by atoms with Gasteiger partial charge in [-0.05, 0) is 96.7 Å². The maximum Gasteiger partial charge on any atom is 0.410 e. The lowest BCUT2D eigenvalue weighted by atomic mass is 9.96. The van der Waals surface area contributed by atoms with Crippen molar-refractivity contribution in [2.75, 3.05) is 24.6 Å². The molecule has 356 valence electrons. The number of halogens is 6. The number of piperidine rings is 1. The number of hydrogen-bond acceptors (Lipinski definition) is 10. The van der Waals surface area contributed by atoms with Crippen molar-refractivity contribution in [3.05, 3.63) is 116 Å². The normalized spacial score (nSPS) is 15.7. The van der Waals surface area contributed by atoms with E-state index in [9.17, 15) is 13.6 Å². The van der Waals surface area contributed by atoms with Gasteiger partial charge >= 0.3 is 6.09 Å². The molecule has 19 heteroatoms. The Hall–Kier alpha value is -5.35. The number of carbonyl (C=O) groups is 1. The minimum absolute atomic E-state index is 0.0635. The molecule has 1 saturated carbocycles. The van der Waals surface area contributed by atoms with E-state index in [1.54, 1.807) is 43.4 Å². The second-order valence-corrected chi connectivity index (χ2v) is 19.2. The van der Waals surface area contributed by atoms with Gasteiger partial charge in [0, 0.05) is 81.3 Å². The molecule has 1 aliphatic heterocycles. The van der Waals surface area contributed by atoms with E-state index in [1.807, 2.05) is 54.8 Å². The molecular formula is C48H53Cl4F2N9O4. The van der Waals surface area contributed by atoms with Gasteiger partial charge in [0.15, 0.2) is 23.1 Å². The highest BCUT2D eigenvalue weighted by Gasteiger charge is 2.29. The fraction of sp³-hybridized carbons (Fsp3) is 0.396. The van der Waals surface area contributed by atoms with E-state index in [0.29, 0.717) is 51.8 Å². The molecule has 1 aliphatic carbocycles. The van der Waals surface area contributed by atoms with E-state index < -0.39 is 29.4 Å². The molecule has 0 bridgehead atoms. The first kappa shape index (κ1) is 49.6. The van der Waals surface area contributed by atoms with Crippen LogP contribution in [0.4, 0.5) is 25.2 Å². The number of nitrogen functional groups attached to an aromatic ring is 2. The van der Waals surface area contributed by atoms with Crippen molar-refractivity contribution in [2.45, 2.75) is 109 Å². The van der Waals surface area contributed by atoms with Gasteiger partial charge in [0.25, 0.3) is 0 Å². The van der Waals surface area contributed by atoms with Crippen LogP contribution in [0.5, 0.6) is 11.5 Å². The molecule has 6 aromatic rings. The lowest BCUT2D eigenvalue weighted by Gasteiger charge is -2.33. The van der Waals surface area contributed by atoms with Crippen LogP contribution in [-0.4, -0.2) is 59.2 Å². The lowest BCUT2D eigenvalue weighted by Crippen LogP contribution is -2.42. The highest BCUT2D eigenvalue weighted by molar-refractivity contribution is 6.36. The third-order valence-corrected chi connectivity index (χ3v) is 13.1. The Bertz CT molecular complexity index is 2700. The standard InChI is InChI=1S/C26H30Cl2FN5O3.C22H23Cl2FN4O/c1-15(22-19(27)5-6-20(29)23(22)28)36-21-11-16(12-31-24(21)30)17-13-32-34(14-17)18-7-9-33(10-8-18)25(35)37-26(2,3)4;1-13(20-17(23)7-8-18(25)21(20)24)30-19-9-14(10-27-22(19)26)15-11-28-29(12-15)16-5-3-2-4-6-16/h5-6,11-15,18H,7-10H2,1-4H3,(H2,30,31);7-13,16H,2-6H2,1H3,(H2,26,27). The number of amides is 1. The third kappa shape index (κ3) is 12.0. The predicted molar refractivity (Wildman–Crippen MR) is 259 cm³/mol. The van der Waals surface area contributed by atoms with Gasteiger partial charge in [0.2, 0.25) is 0 Å². The number of pyridine rings is 2. The number of nitrogens with two attached hydrogens (primary N) is 2. The summed E-state index contributed by atoms with van der Waals surface area (Å²) in [5.41, 5.74) is 15.6. The zero-order valence-electron chi connectivity index (χ0n) is 37.8. The molecule has 1 saturated heterocycles. The van der Waals surface area contributed by atoms with Gasteiger partial charge in [-0.2, -0.15) is 10.2 Å². The summed E-state index contributed by atoms with van der Waals surface area (Å²) in [4.78, 5) is 22.6. The first-order valence-corrected chi connectivity index (χ1v) is 23.6. The van der Waals surface area contributed by atoms with Crippen molar-refractivity contribution < 1.29 is 27.8 Å². The number of rotatable bonds is 10. The Balaban J connectivity index is 0.000000203. The average Bonchev–Trinajstić information content (AvgIpc) is 4.00. The Morgan fingerprint density at radius 3 is 1.54 bits per heavy atom. The summed E-state index contributed by atoms with van der Waals surface area (Å²) in [5, 5.41) is 9.55. The smallest absolute Gasteiger partial charge is 0.410 e. The molecule has 1 amide bonds. The molecule has 2 aliphatic rings. The Kier molecular flexibility index (Phi) is 15.8. The molecule has 2 atom stereocenters. The average molecular weight is 1000 g/mol. The summed E-state index contributed by atoms with van der Waals surface area (Å²) in [6.45, 7) is 10.2. The van der Waals surface area contributed by atoms with Crippen molar-refractivity contribution in [1.82, 2.24) is 34.4 Å². The van der Waals surface area contributed by atoms with Crippen molar-refractivity contribution in [2.24, 2.45) is 0 Å². The van der Waals surface area contributed by atoms with E-state index in [4.69, 9.17) is 72.1 Å². The summed E-state index contributed by atoms with van der Waals surface area (Å²) in [5.74, 6) is -0.0288.